The lowest BCUT2D eigenvalue weighted by molar-refractivity contribution is 0.0666. The normalized spacial score (nSPS) is 13.3. The highest BCUT2D eigenvalue weighted by Crippen LogP contribution is 2.40. The first-order chi connectivity index (χ1) is 15.5. The van der Waals surface area contributed by atoms with E-state index in [0.717, 1.165) is 12.8 Å². The van der Waals surface area contributed by atoms with Crippen molar-refractivity contribution in [1.29, 1.82) is 0 Å². The van der Waals surface area contributed by atoms with Gasteiger partial charge in [-0.3, -0.25) is 14.4 Å². The molecule has 32 heavy (non-hydrogen) atoms. The molecule has 0 bridgehead atoms. The van der Waals surface area contributed by atoms with E-state index in [2.05, 4.69) is 5.09 Å². The largest absolute Gasteiger partial charge is 0.496 e. The van der Waals surface area contributed by atoms with Crippen molar-refractivity contribution in [3.63, 3.8) is 0 Å². The second-order valence-corrected chi connectivity index (χ2v) is 10.2. The molecule has 0 heterocycles. The van der Waals surface area contributed by atoms with Crippen LogP contribution in [0, 0.1) is 0 Å². The molecule has 0 radical (unpaired) electrons. The van der Waals surface area contributed by atoms with Crippen LogP contribution in [0.1, 0.15) is 36.5 Å². The van der Waals surface area contributed by atoms with E-state index in [9.17, 15) is 14.5 Å². The molecule has 0 aliphatic carbocycles. The number of hydrogen-bond donors (Lipinski definition) is 2. The van der Waals surface area contributed by atoms with E-state index in [4.69, 9.17) is 4.74 Å². The molecule has 168 valence electrons. The lowest BCUT2D eigenvalue weighted by Gasteiger charge is -2.30. The lowest BCUT2D eigenvalue weighted by atomic mass is 9.97. The number of benzene rings is 3. The van der Waals surface area contributed by atoms with Gasteiger partial charge in [0.15, 0.2) is 5.78 Å². The molecule has 0 saturated heterocycles. The van der Waals surface area contributed by atoms with Gasteiger partial charge >= 0.3 is 0 Å². The molecule has 0 aromatic heterocycles. The summed E-state index contributed by atoms with van der Waals surface area (Å²) in [4.78, 5) is 13.2. The second-order valence-electron chi connectivity index (χ2n) is 7.67. The molecule has 0 amide bonds. The van der Waals surface area contributed by atoms with Gasteiger partial charge in [-0.25, -0.2) is 0 Å². The summed E-state index contributed by atoms with van der Waals surface area (Å²) in [5.41, 5.74) is 0.306. The topological polar surface area (TPSA) is 75.6 Å². The molecular formula is C26H30NO4P. The van der Waals surface area contributed by atoms with E-state index in [1.54, 1.807) is 24.3 Å². The van der Waals surface area contributed by atoms with Gasteiger partial charge in [0.2, 0.25) is 7.29 Å². The molecule has 3 rings (SSSR count). The van der Waals surface area contributed by atoms with E-state index < -0.39 is 25.2 Å². The molecule has 0 saturated carbocycles. The average molecular weight is 452 g/mol. The van der Waals surface area contributed by atoms with Crippen LogP contribution < -0.4 is 20.4 Å². The van der Waals surface area contributed by atoms with Crippen LogP contribution in [0.3, 0.4) is 0 Å². The summed E-state index contributed by atoms with van der Waals surface area (Å²) in [5, 5.41) is 15.6. The Morgan fingerprint density at radius 2 is 1.47 bits per heavy atom. The highest BCUT2D eigenvalue weighted by atomic mass is 31.2. The van der Waals surface area contributed by atoms with Gasteiger partial charge in [0, 0.05) is 16.7 Å². The minimum atomic E-state index is -3.32. The van der Waals surface area contributed by atoms with Gasteiger partial charge in [-0.15, -0.1) is 0 Å². The number of carbonyl (C=O) groups is 1. The number of carbonyl (C=O) groups excluding carboxylic acids is 1. The van der Waals surface area contributed by atoms with Crippen LogP contribution in [0.5, 0.6) is 5.75 Å². The zero-order chi connectivity index (χ0) is 23.0. The van der Waals surface area contributed by atoms with E-state index >= 15 is 0 Å². The predicted octanol–water partition coefficient (Wildman–Crippen LogP) is 4.32. The number of Topliss-reactive ketones (excluding diaryl/α,β-unsaturated/α-hetero) is 1. The quantitative estimate of drug-likeness (QED) is 0.336. The van der Waals surface area contributed by atoms with Crippen LogP contribution in [-0.4, -0.2) is 30.1 Å². The molecule has 0 aliphatic rings. The fourth-order valence-electron chi connectivity index (χ4n) is 3.71. The zero-order valence-electron chi connectivity index (χ0n) is 18.5. The second kappa shape index (κ2) is 11.2. The summed E-state index contributed by atoms with van der Waals surface area (Å²) < 4.78 is 19.7. The fourth-order valence-corrected chi connectivity index (χ4v) is 6.23. The van der Waals surface area contributed by atoms with Crippen LogP contribution >= 0.6 is 7.29 Å². The first-order valence-corrected chi connectivity index (χ1v) is 12.6. The molecule has 6 heteroatoms. The molecule has 2 atom stereocenters. The Morgan fingerprint density at radius 3 is 2.00 bits per heavy atom. The van der Waals surface area contributed by atoms with Crippen molar-refractivity contribution < 1.29 is 19.2 Å². The van der Waals surface area contributed by atoms with Gasteiger partial charge in [0.05, 0.1) is 12.7 Å². The van der Waals surface area contributed by atoms with E-state index in [-0.39, 0.29) is 0 Å². The Balaban J connectivity index is 2.00. The van der Waals surface area contributed by atoms with Crippen molar-refractivity contribution >= 4 is 23.7 Å². The number of nitrogens with one attached hydrogen (secondary N) is 1. The minimum Gasteiger partial charge on any atom is -0.496 e. The lowest BCUT2D eigenvalue weighted by Crippen LogP contribution is -2.46. The van der Waals surface area contributed by atoms with E-state index in [0.29, 0.717) is 28.3 Å². The Bertz CT molecular complexity index is 1010. The Morgan fingerprint density at radius 1 is 0.938 bits per heavy atom. The van der Waals surface area contributed by atoms with Gasteiger partial charge in [-0.05, 0) is 42.8 Å². The van der Waals surface area contributed by atoms with Crippen LogP contribution in [0.2, 0.25) is 0 Å². The first kappa shape index (κ1) is 23.9. The van der Waals surface area contributed by atoms with Crippen LogP contribution in [0.25, 0.3) is 0 Å². The number of aliphatic hydroxyl groups is 1. The van der Waals surface area contributed by atoms with Crippen molar-refractivity contribution in [2.45, 2.75) is 38.3 Å². The smallest absolute Gasteiger partial charge is 0.204 e. The van der Waals surface area contributed by atoms with Crippen molar-refractivity contribution in [3.05, 3.63) is 90.5 Å². The highest BCUT2D eigenvalue weighted by molar-refractivity contribution is 7.76. The Hall–Kier alpha value is -2.72. The van der Waals surface area contributed by atoms with Gasteiger partial charge in [-0.2, -0.15) is 0 Å². The molecule has 3 aromatic carbocycles. The Kier molecular flexibility index (Phi) is 8.40. The van der Waals surface area contributed by atoms with Crippen molar-refractivity contribution in [3.8, 4) is 5.75 Å². The number of para-hydroxylation sites is 1. The van der Waals surface area contributed by atoms with E-state index in [1.165, 1.54) is 7.11 Å². The number of rotatable bonds is 11. The number of aliphatic hydroxyl groups excluding tert-OH is 1. The molecule has 0 aliphatic heterocycles. The van der Waals surface area contributed by atoms with E-state index in [1.807, 2.05) is 67.6 Å². The number of hydrogen-bond acceptors (Lipinski definition) is 4. The molecule has 2 N–H and O–H groups in total. The molecule has 5 nitrogen and oxygen atoms in total. The minimum absolute atomic E-state index is 0.306. The fraction of sp³-hybridized carbons (Fsp3) is 0.269. The standard InChI is InChI=1S/C26H30NO4P/c1-3-4-18-23(26(29)25(28)22-17-11-12-19-24(22)31-2)27-32(30,20-13-7-5-8-14-20)21-15-9-6-10-16-21/h5-17,19,23,26,29H,3-4,18H2,1-2H3,(H,27,30)/t23-,26+/m0/s1. The monoisotopic (exact) mass is 451 g/mol. The van der Waals surface area contributed by atoms with Crippen LogP contribution in [0.4, 0.5) is 0 Å². The van der Waals surface area contributed by atoms with Gasteiger partial charge < -0.3 is 9.84 Å². The summed E-state index contributed by atoms with van der Waals surface area (Å²) in [6.45, 7) is 2.04. The van der Waals surface area contributed by atoms with Gasteiger partial charge in [0.1, 0.15) is 11.9 Å². The molecular weight excluding hydrogens is 421 g/mol. The number of ether oxygens (including phenoxy) is 1. The maximum absolute atomic E-state index is 14.4. The number of methoxy groups -OCH3 is 1. The third-order valence-electron chi connectivity index (χ3n) is 5.48. The van der Waals surface area contributed by atoms with Crippen LogP contribution in [-0.2, 0) is 4.57 Å². The zero-order valence-corrected chi connectivity index (χ0v) is 19.4. The Labute approximate surface area is 189 Å². The molecule has 0 unspecified atom stereocenters. The maximum Gasteiger partial charge on any atom is 0.204 e. The van der Waals surface area contributed by atoms with Crippen molar-refractivity contribution in [2.75, 3.05) is 7.11 Å². The third-order valence-corrected chi connectivity index (χ3v) is 8.22. The van der Waals surface area contributed by atoms with Crippen LogP contribution in [0.15, 0.2) is 84.9 Å². The summed E-state index contributed by atoms with van der Waals surface area (Å²) in [6, 6.07) is 24.5. The number of ketones is 1. The maximum atomic E-state index is 14.4. The SMILES string of the molecule is CCCC[C@H](NP(=O)(c1ccccc1)c1ccccc1)[C@@H](O)C(=O)c1ccccc1OC. The first-order valence-electron chi connectivity index (χ1n) is 10.9. The summed E-state index contributed by atoms with van der Waals surface area (Å²) >= 11 is 0. The molecule has 3 aromatic rings. The third kappa shape index (κ3) is 5.36. The summed E-state index contributed by atoms with van der Waals surface area (Å²) in [6.07, 6.45) is 0.785. The van der Waals surface area contributed by atoms with Gasteiger partial charge in [-0.1, -0.05) is 68.3 Å². The average Bonchev–Trinajstić information content (AvgIpc) is 2.86. The van der Waals surface area contributed by atoms with Crippen molar-refractivity contribution in [1.82, 2.24) is 5.09 Å². The summed E-state index contributed by atoms with van der Waals surface area (Å²) in [7, 11) is -1.83. The van der Waals surface area contributed by atoms with Crippen molar-refractivity contribution in [2.24, 2.45) is 0 Å². The number of unbranched alkanes of at least 4 members (excludes halogenated alkanes) is 1. The highest BCUT2D eigenvalue weighted by Gasteiger charge is 2.36. The predicted molar refractivity (Wildman–Crippen MR) is 130 cm³/mol. The summed E-state index contributed by atoms with van der Waals surface area (Å²) in [5.74, 6) is -0.0520. The molecule has 0 fully saturated rings. The van der Waals surface area contributed by atoms with Gasteiger partial charge in [0.25, 0.3) is 0 Å². The molecule has 0 spiro atoms.